The summed E-state index contributed by atoms with van der Waals surface area (Å²) in [6, 6.07) is 13.7. The van der Waals surface area contributed by atoms with Crippen molar-refractivity contribution in [2.75, 3.05) is 0 Å². The van der Waals surface area contributed by atoms with Gasteiger partial charge in [-0.2, -0.15) is 0 Å². The first kappa shape index (κ1) is 15.7. The molecule has 6 heteroatoms. The molecule has 0 amide bonds. The second kappa shape index (κ2) is 5.89. The van der Waals surface area contributed by atoms with Crippen LogP contribution in [0.5, 0.6) is 5.75 Å². The van der Waals surface area contributed by atoms with Crippen molar-refractivity contribution in [2.24, 2.45) is 0 Å². The minimum atomic E-state index is -0.313. The average Bonchev–Trinajstić information content (AvgIpc) is 3.18. The van der Waals surface area contributed by atoms with Crippen LogP contribution < -0.4 is 0 Å². The maximum absolute atomic E-state index is 13.0. The standard InChI is InChI=1S/C19H12BrNO4/c1-10-17(18(21-25-10)11-2-4-13(20)5-3-11)19(23)16-9-12-8-14(22)6-7-15(12)24-16/h2-9,22H,1H3. The van der Waals surface area contributed by atoms with Gasteiger partial charge in [-0.15, -0.1) is 0 Å². The third-order valence-corrected chi connectivity index (χ3v) is 4.46. The highest BCUT2D eigenvalue weighted by atomic mass is 79.9. The first-order valence-electron chi connectivity index (χ1n) is 7.52. The normalized spacial score (nSPS) is 11.1. The average molecular weight is 398 g/mol. The number of hydrogen-bond acceptors (Lipinski definition) is 5. The molecule has 0 atom stereocenters. The Hall–Kier alpha value is -2.86. The van der Waals surface area contributed by atoms with E-state index in [9.17, 15) is 9.90 Å². The Bertz CT molecular complexity index is 1090. The van der Waals surface area contributed by atoms with Crippen LogP contribution in [-0.4, -0.2) is 16.0 Å². The summed E-state index contributed by atoms with van der Waals surface area (Å²) in [5.74, 6) is 0.396. The Morgan fingerprint density at radius 2 is 1.88 bits per heavy atom. The molecule has 0 aliphatic carbocycles. The number of ketones is 1. The van der Waals surface area contributed by atoms with E-state index in [-0.39, 0.29) is 17.3 Å². The highest BCUT2D eigenvalue weighted by Crippen LogP contribution is 2.31. The lowest BCUT2D eigenvalue weighted by atomic mass is 10.0. The van der Waals surface area contributed by atoms with Crippen LogP contribution in [0.25, 0.3) is 22.2 Å². The zero-order valence-corrected chi connectivity index (χ0v) is 14.7. The number of aromatic hydroxyl groups is 1. The lowest BCUT2D eigenvalue weighted by Crippen LogP contribution is -2.02. The first-order valence-corrected chi connectivity index (χ1v) is 8.32. The van der Waals surface area contributed by atoms with E-state index in [0.29, 0.717) is 28.0 Å². The molecule has 0 fully saturated rings. The van der Waals surface area contributed by atoms with Crippen molar-refractivity contribution >= 4 is 32.7 Å². The van der Waals surface area contributed by atoms with Gasteiger partial charge in [0.25, 0.3) is 0 Å². The zero-order valence-electron chi connectivity index (χ0n) is 13.1. The second-order valence-corrected chi connectivity index (χ2v) is 6.55. The summed E-state index contributed by atoms with van der Waals surface area (Å²) in [6.07, 6.45) is 0. The third-order valence-electron chi connectivity index (χ3n) is 3.93. The topological polar surface area (TPSA) is 76.5 Å². The van der Waals surface area contributed by atoms with Gasteiger partial charge in [0.05, 0.1) is 5.56 Å². The maximum Gasteiger partial charge on any atom is 0.234 e. The van der Waals surface area contributed by atoms with Crippen LogP contribution in [0.4, 0.5) is 0 Å². The van der Waals surface area contributed by atoms with Gasteiger partial charge in [-0.1, -0.05) is 33.2 Å². The van der Waals surface area contributed by atoms with Crippen molar-refractivity contribution in [2.45, 2.75) is 6.92 Å². The van der Waals surface area contributed by atoms with Gasteiger partial charge in [-0.25, -0.2) is 0 Å². The lowest BCUT2D eigenvalue weighted by molar-refractivity contribution is 0.101. The van der Waals surface area contributed by atoms with Gasteiger partial charge < -0.3 is 14.0 Å². The highest BCUT2D eigenvalue weighted by molar-refractivity contribution is 9.10. The van der Waals surface area contributed by atoms with Crippen LogP contribution in [0.15, 0.2) is 61.9 Å². The number of benzene rings is 2. The maximum atomic E-state index is 13.0. The first-order chi connectivity index (χ1) is 12.0. The van der Waals surface area contributed by atoms with Crippen molar-refractivity contribution in [3.05, 3.63) is 70.1 Å². The fraction of sp³-hybridized carbons (Fsp3) is 0.0526. The van der Waals surface area contributed by atoms with E-state index in [0.717, 1.165) is 10.0 Å². The number of phenolic OH excluding ortho intramolecular Hbond substituents is 1. The van der Waals surface area contributed by atoms with Gasteiger partial charge in [-0.3, -0.25) is 4.79 Å². The molecule has 0 saturated carbocycles. The van der Waals surface area contributed by atoms with Gasteiger partial charge in [-0.05, 0) is 43.3 Å². The van der Waals surface area contributed by atoms with Gasteiger partial charge in [0.2, 0.25) is 5.78 Å². The molecule has 0 spiro atoms. The minimum Gasteiger partial charge on any atom is -0.508 e. The summed E-state index contributed by atoms with van der Waals surface area (Å²) in [4.78, 5) is 13.0. The molecular formula is C19H12BrNO4. The molecule has 0 aliphatic rings. The summed E-state index contributed by atoms with van der Waals surface area (Å²) in [6.45, 7) is 1.69. The molecule has 0 saturated heterocycles. The molecule has 2 heterocycles. The number of carbonyl (C=O) groups is 1. The second-order valence-electron chi connectivity index (χ2n) is 5.63. The fourth-order valence-corrected chi connectivity index (χ4v) is 2.97. The molecule has 2 aromatic carbocycles. The Morgan fingerprint density at radius 3 is 2.64 bits per heavy atom. The Labute approximate surface area is 151 Å². The Morgan fingerprint density at radius 1 is 1.12 bits per heavy atom. The number of carbonyl (C=O) groups excluding carboxylic acids is 1. The summed E-state index contributed by atoms with van der Waals surface area (Å²) in [5.41, 5.74) is 2.14. The van der Waals surface area contributed by atoms with E-state index >= 15 is 0 Å². The number of hydrogen-bond donors (Lipinski definition) is 1. The van der Waals surface area contributed by atoms with Gasteiger partial charge >= 0.3 is 0 Å². The van der Waals surface area contributed by atoms with Crippen LogP contribution in [0.3, 0.4) is 0 Å². The van der Waals surface area contributed by atoms with E-state index in [1.165, 1.54) is 6.07 Å². The number of fused-ring (bicyclic) bond motifs is 1. The van der Waals surface area contributed by atoms with Gasteiger partial charge in [0, 0.05) is 15.4 Å². The summed E-state index contributed by atoms with van der Waals surface area (Å²) in [7, 11) is 0. The molecule has 1 N–H and O–H groups in total. The summed E-state index contributed by atoms with van der Waals surface area (Å²) >= 11 is 3.39. The predicted molar refractivity (Wildman–Crippen MR) is 95.7 cm³/mol. The molecule has 0 bridgehead atoms. The summed E-state index contributed by atoms with van der Waals surface area (Å²) < 4.78 is 11.8. The molecule has 4 aromatic rings. The third kappa shape index (κ3) is 2.74. The molecule has 2 aromatic heterocycles. The number of phenols is 1. The van der Waals surface area contributed by atoms with Crippen LogP contribution in [0.1, 0.15) is 21.9 Å². The monoisotopic (exact) mass is 397 g/mol. The Balaban J connectivity index is 1.81. The van der Waals surface area contributed by atoms with E-state index < -0.39 is 0 Å². The number of aromatic nitrogens is 1. The van der Waals surface area contributed by atoms with E-state index in [2.05, 4.69) is 21.1 Å². The van der Waals surface area contributed by atoms with Crippen molar-refractivity contribution in [1.82, 2.24) is 5.16 Å². The quantitative estimate of drug-likeness (QED) is 0.486. The van der Waals surface area contributed by atoms with Gasteiger partial charge in [0.1, 0.15) is 22.8 Å². The van der Waals surface area contributed by atoms with Gasteiger partial charge in [0.15, 0.2) is 5.76 Å². The highest BCUT2D eigenvalue weighted by Gasteiger charge is 2.25. The minimum absolute atomic E-state index is 0.115. The largest absolute Gasteiger partial charge is 0.508 e. The van der Waals surface area contributed by atoms with E-state index in [4.69, 9.17) is 8.94 Å². The smallest absolute Gasteiger partial charge is 0.234 e. The number of furan rings is 1. The van der Waals surface area contributed by atoms with Crippen LogP contribution in [-0.2, 0) is 0 Å². The number of rotatable bonds is 3. The van der Waals surface area contributed by atoms with Crippen molar-refractivity contribution in [3.63, 3.8) is 0 Å². The zero-order chi connectivity index (χ0) is 17.6. The van der Waals surface area contributed by atoms with Crippen molar-refractivity contribution in [3.8, 4) is 17.0 Å². The van der Waals surface area contributed by atoms with Crippen LogP contribution in [0, 0.1) is 6.92 Å². The molecule has 5 nitrogen and oxygen atoms in total. The molecule has 4 rings (SSSR count). The molecule has 0 radical (unpaired) electrons. The van der Waals surface area contributed by atoms with E-state index in [1.807, 2.05) is 24.3 Å². The van der Waals surface area contributed by atoms with E-state index in [1.54, 1.807) is 25.1 Å². The predicted octanol–water partition coefficient (Wildman–Crippen LogP) is 5.10. The fourth-order valence-electron chi connectivity index (χ4n) is 2.71. The molecule has 0 unspecified atom stereocenters. The number of aryl methyl sites for hydroxylation is 1. The number of nitrogens with zero attached hydrogens (tertiary/aromatic N) is 1. The molecule has 0 aliphatic heterocycles. The Kier molecular flexibility index (Phi) is 3.69. The molecule has 124 valence electrons. The number of halogens is 1. The van der Waals surface area contributed by atoms with Crippen molar-refractivity contribution < 1.29 is 18.8 Å². The summed E-state index contributed by atoms with van der Waals surface area (Å²) in [5, 5.41) is 14.3. The van der Waals surface area contributed by atoms with Crippen LogP contribution in [0.2, 0.25) is 0 Å². The lowest BCUT2D eigenvalue weighted by Gasteiger charge is -2.00. The molecule has 25 heavy (non-hydrogen) atoms. The SMILES string of the molecule is Cc1onc(-c2ccc(Br)cc2)c1C(=O)c1cc2cc(O)ccc2o1. The van der Waals surface area contributed by atoms with Crippen LogP contribution >= 0.6 is 15.9 Å². The van der Waals surface area contributed by atoms with Crippen molar-refractivity contribution in [1.29, 1.82) is 0 Å². The molecular weight excluding hydrogens is 386 g/mol.